The second-order valence-electron chi connectivity index (χ2n) is 7.05. The number of thiophene rings is 1. The monoisotopic (exact) mass is 525 g/mol. The Labute approximate surface area is 183 Å². The van der Waals surface area contributed by atoms with Crippen molar-refractivity contribution in [3.8, 4) is 21.6 Å². The molecule has 1 aromatic carbocycles. The van der Waals surface area contributed by atoms with Crippen LogP contribution in [0.3, 0.4) is 0 Å². The molecular weight excluding hydrogens is 509 g/mol. The first-order chi connectivity index (χ1) is 13.6. The molecular formula is C20H16INO6S. The molecule has 29 heavy (non-hydrogen) atoms. The zero-order chi connectivity index (χ0) is 21.3. The molecule has 3 rings (SSSR count). The second kappa shape index (κ2) is 8.07. The van der Waals surface area contributed by atoms with Crippen LogP contribution < -0.4 is 5.63 Å². The topological polar surface area (TPSA) is 99.7 Å². The molecule has 3 aromatic rings. The van der Waals surface area contributed by atoms with Gasteiger partial charge in [-0.15, -0.1) is 11.3 Å². The molecule has 0 amide bonds. The van der Waals surface area contributed by atoms with Crippen molar-refractivity contribution in [1.29, 1.82) is 0 Å². The molecule has 0 aliphatic heterocycles. The Morgan fingerprint density at radius 3 is 2.52 bits per heavy atom. The van der Waals surface area contributed by atoms with Crippen molar-refractivity contribution in [2.45, 2.75) is 26.4 Å². The molecule has 0 saturated carbocycles. The number of halogens is 1. The van der Waals surface area contributed by atoms with E-state index < -0.39 is 22.1 Å². The maximum absolute atomic E-state index is 12.9. The standard InChI is InChI=1S/C20H16INO6S/c1-20(2,3)28-19(24)18-16(17-12(21)6-4-7-13(17)22(25)26)11(10-15(23)27-18)14-8-5-9-29-14/h4-10H,1-3H3. The quantitative estimate of drug-likeness (QED) is 0.193. The molecule has 2 heterocycles. The van der Waals surface area contributed by atoms with Gasteiger partial charge in [0.25, 0.3) is 5.69 Å². The Hall–Kier alpha value is -2.53. The lowest BCUT2D eigenvalue weighted by Crippen LogP contribution is -2.25. The van der Waals surface area contributed by atoms with Gasteiger partial charge in [0.2, 0.25) is 5.76 Å². The van der Waals surface area contributed by atoms with Crippen LogP contribution in [0.25, 0.3) is 21.6 Å². The first-order valence-corrected chi connectivity index (χ1v) is 10.4. The normalized spacial score (nSPS) is 11.3. The number of hydrogen-bond donors (Lipinski definition) is 0. The number of nitrogens with zero attached hydrogens (tertiary/aromatic N) is 1. The lowest BCUT2D eigenvalue weighted by Gasteiger charge is -2.20. The predicted octanol–water partition coefficient (Wildman–Crippen LogP) is 5.50. The number of ether oxygens (including phenoxy) is 1. The highest BCUT2D eigenvalue weighted by Gasteiger charge is 2.31. The molecule has 0 fully saturated rings. The zero-order valence-electron chi connectivity index (χ0n) is 15.7. The molecule has 0 bridgehead atoms. The van der Waals surface area contributed by atoms with Crippen LogP contribution in [-0.2, 0) is 4.74 Å². The van der Waals surface area contributed by atoms with Crippen LogP contribution in [-0.4, -0.2) is 16.5 Å². The summed E-state index contributed by atoms with van der Waals surface area (Å²) < 4.78 is 11.2. The molecule has 9 heteroatoms. The van der Waals surface area contributed by atoms with E-state index in [2.05, 4.69) is 0 Å². The Morgan fingerprint density at radius 2 is 1.93 bits per heavy atom. The van der Waals surface area contributed by atoms with Gasteiger partial charge in [-0.2, -0.15) is 0 Å². The Bertz CT molecular complexity index is 1140. The molecule has 7 nitrogen and oxygen atoms in total. The average molecular weight is 525 g/mol. The minimum absolute atomic E-state index is 0.165. The molecule has 150 valence electrons. The van der Waals surface area contributed by atoms with Crippen molar-refractivity contribution in [3.63, 3.8) is 0 Å². The van der Waals surface area contributed by atoms with E-state index in [1.165, 1.54) is 23.5 Å². The van der Waals surface area contributed by atoms with Crippen molar-refractivity contribution in [3.05, 3.63) is 71.6 Å². The Balaban J connectivity index is 2.43. The summed E-state index contributed by atoms with van der Waals surface area (Å²) in [7, 11) is 0. The van der Waals surface area contributed by atoms with Gasteiger partial charge in [-0.05, 0) is 60.9 Å². The van der Waals surface area contributed by atoms with Gasteiger partial charge in [0.05, 0.1) is 10.5 Å². The fraction of sp³-hybridized carbons (Fsp3) is 0.200. The summed E-state index contributed by atoms with van der Waals surface area (Å²) in [5, 5.41) is 13.5. The van der Waals surface area contributed by atoms with Gasteiger partial charge in [0.15, 0.2) is 0 Å². The van der Waals surface area contributed by atoms with E-state index in [1.807, 2.05) is 28.0 Å². The van der Waals surface area contributed by atoms with Gasteiger partial charge in [0, 0.05) is 31.7 Å². The number of esters is 1. The molecule has 0 saturated heterocycles. The van der Waals surface area contributed by atoms with E-state index >= 15 is 0 Å². The van der Waals surface area contributed by atoms with Gasteiger partial charge in [-0.25, -0.2) is 9.59 Å². The van der Waals surface area contributed by atoms with Crippen LogP contribution in [0, 0.1) is 13.7 Å². The smallest absolute Gasteiger partial charge is 0.375 e. The lowest BCUT2D eigenvalue weighted by atomic mass is 9.96. The van der Waals surface area contributed by atoms with Crippen molar-refractivity contribution in [2.75, 3.05) is 0 Å². The van der Waals surface area contributed by atoms with Gasteiger partial charge >= 0.3 is 11.6 Å². The second-order valence-corrected chi connectivity index (χ2v) is 9.16. The zero-order valence-corrected chi connectivity index (χ0v) is 18.7. The van der Waals surface area contributed by atoms with E-state index in [0.717, 1.165) is 0 Å². The highest BCUT2D eigenvalue weighted by molar-refractivity contribution is 14.1. The maximum atomic E-state index is 12.9. The predicted molar refractivity (Wildman–Crippen MR) is 118 cm³/mol. The van der Waals surface area contributed by atoms with Gasteiger partial charge < -0.3 is 9.15 Å². The number of carbonyl (C=O) groups is 1. The molecule has 0 spiro atoms. The molecule has 0 unspecified atom stereocenters. The number of rotatable bonds is 4. The third-order valence-corrected chi connectivity index (χ3v) is 5.57. The number of nitro benzene ring substituents is 1. The maximum Gasteiger partial charge on any atom is 0.375 e. The summed E-state index contributed by atoms with van der Waals surface area (Å²) in [5.74, 6) is -1.22. The minimum Gasteiger partial charge on any atom is -0.454 e. The van der Waals surface area contributed by atoms with Crippen molar-refractivity contribution >= 4 is 45.6 Å². The lowest BCUT2D eigenvalue weighted by molar-refractivity contribution is -0.384. The van der Waals surface area contributed by atoms with E-state index in [1.54, 1.807) is 45.0 Å². The van der Waals surface area contributed by atoms with Gasteiger partial charge in [-0.1, -0.05) is 12.1 Å². The van der Waals surface area contributed by atoms with Crippen LogP contribution in [0.5, 0.6) is 0 Å². The number of nitro groups is 1. The summed E-state index contributed by atoms with van der Waals surface area (Å²) in [5.41, 5.74) is -1.05. The SMILES string of the molecule is CC(C)(C)OC(=O)c1oc(=O)cc(-c2cccs2)c1-c1c(I)cccc1[N+](=O)[O-]. The highest BCUT2D eigenvalue weighted by Crippen LogP contribution is 2.43. The minimum atomic E-state index is -0.864. The number of benzene rings is 1. The van der Waals surface area contributed by atoms with Crippen LogP contribution in [0.1, 0.15) is 31.3 Å². The fourth-order valence-corrected chi connectivity index (χ4v) is 4.25. The van der Waals surface area contributed by atoms with Gasteiger partial charge in [-0.3, -0.25) is 10.1 Å². The molecule has 0 radical (unpaired) electrons. The average Bonchev–Trinajstić information content (AvgIpc) is 3.14. The Morgan fingerprint density at radius 1 is 1.21 bits per heavy atom. The molecule has 0 N–H and O–H groups in total. The van der Waals surface area contributed by atoms with Crippen LogP contribution in [0.4, 0.5) is 5.69 Å². The van der Waals surface area contributed by atoms with E-state index in [9.17, 15) is 19.7 Å². The van der Waals surface area contributed by atoms with Crippen LogP contribution >= 0.6 is 33.9 Å². The number of carbonyl (C=O) groups excluding carboxylic acids is 1. The molecule has 0 aliphatic carbocycles. The van der Waals surface area contributed by atoms with E-state index in [4.69, 9.17) is 9.15 Å². The summed E-state index contributed by atoms with van der Waals surface area (Å²) in [6, 6.07) is 9.38. The summed E-state index contributed by atoms with van der Waals surface area (Å²) in [6.07, 6.45) is 0. The van der Waals surface area contributed by atoms with Crippen molar-refractivity contribution in [1.82, 2.24) is 0 Å². The first kappa shape index (κ1) is 21.2. The molecule has 2 aromatic heterocycles. The molecule has 0 atom stereocenters. The third-order valence-electron chi connectivity index (χ3n) is 3.77. The van der Waals surface area contributed by atoms with E-state index in [-0.39, 0.29) is 22.6 Å². The van der Waals surface area contributed by atoms with Crippen molar-refractivity contribution in [2.24, 2.45) is 0 Å². The van der Waals surface area contributed by atoms with Crippen molar-refractivity contribution < 1.29 is 18.9 Å². The van der Waals surface area contributed by atoms with Crippen LogP contribution in [0.2, 0.25) is 0 Å². The van der Waals surface area contributed by atoms with Gasteiger partial charge in [0.1, 0.15) is 5.60 Å². The third kappa shape index (κ3) is 4.56. The Kier molecular flexibility index (Phi) is 5.90. The molecule has 0 aliphatic rings. The van der Waals surface area contributed by atoms with Crippen LogP contribution in [0.15, 0.2) is 51.0 Å². The summed E-state index contributed by atoms with van der Waals surface area (Å²) >= 11 is 3.30. The largest absolute Gasteiger partial charge is 0.454 e. The number of hydrogen-bond acceptors (Lipinski definition) is 7. The van der Waals surface area contributed by atoms with E-state index in [0.29, 0.717) is 14.0 Å². The summed E-state index contributed by atoms with van der Waals surface area (Å²) in [4.78, 5) is 37.0. The highest BCUT2D eigenvalue weighted by atomic mass is 127. The first-order valence-electron chi connectivity index (χ1n) is 8.47. The fourth-order valence-electron chi connectivity index (χ4n) is 2.75. The summed E-state index contributed by atoms with van der Waals surface area (Å²) in [6.45, 7) is 5.04.